The molecule has 0 amide bonds. The molecule has 0 spiro atoms. The van der Waals surface area contributed by atoms with Crippen LogP contribution >= 0.6 is 11.8 Å². The average Bonchev–Trinajstić information content (AvgIpc) is 3.07. The molecule has 0 saturated carbocycles. The summed E-state index contributed by atoms with van der Waals surface area (Å²) in [6.45, 7) is 0.423. The molecule has 0 radical (unpaired) electrons. The van der Waals surface area contributed by atoms with Gasteiger partial charge in [-0.1, -0.05) is 36.0 Å². The van der Waals surface area contributed by atoms with Gasteiger partial charge in [-0.15, -0.1) is 0 Å². The second kappa shape index (κ2) is 7.09. The molecule has 112 valence electrons. The van der Waals surface area contributed by atoms with Crippen LogP contribution in [0, 0.1) is 5.82 Å². The highest BCUT2D eigenvalue weighted by Crippen LogP contribution is 2.21. The van der Waals surface area contributed by atoms with Gasteiger partial charge >= 0.3 is 0 Å². The van der Waals surface area contributed by atoms with E-state index >= 15 is 0 Å². The van der Waals surface area contributed by atoms with E-state index in [-0.39, 0.29) is 5.82 Å². The van der Waals surface area contributed by atoms with Crippen LogP contribution in [0.25, 0.3) is 0 Å². The van der Waals surface area contributed by atoms with Crippen molar-refractivity contribution in [3.8, 4) is 5.75 Å². The minimum absolute atomic E-state index is 0.239. The Kier molecular flexibility index (Phi) is 4.70. The molecule has 6 heteroatoms. The van der Waals surface area contributed by atoms with Crippen LogP contribution in [0.15, 0.2) is 60.0 Å². The van der Waals surface area contributed by atoms with Gasteiger partial charge in [0.25, 0.3) is 0 Å². The second-order valence-corrected chi connectivity index (χ2v) is 5.60. The molecule has 1 N–H and O–H groups in total. The van der Waals surface area contributed by atoms with Crippen LogP contribution in [0.3, 0.4) is 0 Å². The monoisotopic (exact) mass is 315 g/mol. The molecule has 0 fully saturated rings. The number of nitrogens with zero attached hydrogens (tertiary/aromatic N) is 2. The molecule has 0 bridgehead atoms. The maximum absolute atomic E-state index is 12.8. The molecule has 1 aromatic heterocycles. The smallest absolute Gasteiger partial charge is 0.183 e. The number of aromatic nitrogens is 3. The first-order valence-corrected chi connectivity index (χ1v) is 7.72. The molecule has 0 unspecified atom stereocenters. The van der Waals surface area contributed by atoms with Gasteiger partial charge in [0.1, 0.15) is 24.5 Å². The lowest BCUT2D eigenvalue weighted by molar-refractivity contribution is 0.306. The van der Waals surface area contributed by atoms with Crippen LogP contribution < -0.4 is 4.74 Å². The molecule has 3 rings (SSSR count). The highest BCUT2D eigenvalue weighted by atomic mass is 32.2. The number of nitrogens with one attached hydrogen (secondary N) is 1. The SMILES string of the molecule is Fc1ccc(COc2ccc(CSc3ncn[nH]3)cc2)cc1. The lowest BCUT2D eigenvalue weighted by atomic mass is 10.2. The number of H-pyrrole nitrogens is 1. The van der Waals surface area contributed by atoms with Gasteiger partial charge in [0.2, 0.25) is 0 Å². The summed E-state index contributed by atoms with van der Waals surface area (Å²) in [4.78, 5) is 4.06. The summed E-state index contributed by atoms with van der Waals surface area (Å²) >= 11 is 1.59. The highest BCUT2D eigenvalue weighted by Gasteiger charge is 2.00. The maximum atomic E-state index is 12.8. The van der Waals surface area contributed by atoms with Gasteiger partial charge in [-0.05, 0) is 35.4 Å². The van der Waals surface area contributed by atoms with E-state index in [0.717, 1.165) is 22.2 Å². The molecule has 0 aliphatic heterocycles. The van der Waals surface area contributed by atoms with Crippen molar-refractivity contribution < 1.29 is 9.13 Å². The first-order chi connectivity index (χ1) is 10.8. The fraction of sp³-hybridized carbons (Fsp3) is 0.125. The third-order valence-corrected chi connectivity index (χ3v) is 3.96. The van der Waals surface area contributed by atoms with Crippen LogP contribution in [-0.4, -0.2) is 15.2 Å². The molecular weight excluding hydrogens is 301 g/mol. The summed E-state index contributed by atoms with van der Waals surface area (Å²) < 4.78 is 18.5. The Morgan fingerprint density at radius 3 is 2.41 bits per heavy atom. The van der Waals surface area contributed by atoms with E-state index in [1.165, 1.54) is 24.0 Å². The maximum Gasteiger partial charge on any atom is 0.183 e. The van der Waals surface area contributed by atoms with Gasteiger partial charge in [-0.25, -0.2) is 9.37 Å². The van der Waals surface area contributed by atoms with Crippen molar-refractivity contribution in [3.05, 3.63) is 71.8 Å². The first-order valence-electron chi connectivity index (χ1n) is 6.74. The van der Waals surface area contributed by atoms with Crippen molar-refractivity contribution in [1.29, 1.82) is 0 Å². The van der Waals surface area contributed by atoms with E-state index in [4.69, 9.17) is 4.74 Å². The van der Waals surface area contributed by atoms with Crippen molar-refractivity contribution in [2.24, 2.45) is 0 Å². The third-order valence-electron chi connectivity index (χ3n) is 3.01. The Labute approximate surface area is 131 Å². The number of hydrogen-bond acceptors (Lipinski definition) is 4. The van der Waals surface area contributed by atoms with Gasteiger partial charge in [-0.3, -0.25) is 5.10 Å². The third kappa shape index (κ3) is 4.08. The number of ether oxygens (including phenoxy) is 1. The quantitative estimate of drug-likeness (QED) is 0.703. The Morgan fingerprint density at radius 2 is 1.73 bits per heavy atom. The minimum atomic E-state index is -0.239. The molecule has 0 atom stereocenters. The van der Waals surface area contributed by atoms with E-state index in [0.29, 0.717) is 6.61 Å². The molecule has 3 aromatic rings. The minimum Gasteiger partial charge on any atom is -0.489 e. The molecule has 0 saturated heterocycles. The number of benzene rings is 2. The summed E-state index contributed by atoms with van der Waals surface area (Å²) in [5.74, 6) is 1.36. The van der Waals surface area contributed by atoms with E-state index < -0.39 is 0 Å². The second-order valence-electron chi connectivity index (χ2n) is 4.64. The Balaban J connectivity index is 1.51. The Bertz CT molecular complexity index is 699. The first kappa shape index (κ1) is 14.6. The largest absolute Gasteiger partial charge is 0.489 e. The van der Waals surface area contributed by atoms with Crippen molar-refractivity contribution in [2.75, 3.05) is 0 Å². The topological polar surface area (TPSA) is 50.8 Å². The normalized spacial score (nSPS) is 10.6. The predicted octanol–water partition coefficient (Wildman–Crippen LogP) is 3.82. The van der Waals surface area contributed by atoms with E-state index in [2.05, 4.69) is 15.2 Å². The zero-order chi connectivity index (χ0) is 15.2. The van der Waals surface area contributed by atoms with Gasteiger partial charge in [-0.2, -0.15) is 5.10 Å². The number of halogens is 1. The summed E-state index contributed by atoms with van der Waals surface area (Å²) in [5.41, 5.74) is 2.11. The molecule has 1 heterocycles. The van der Waals surface area contributed by atoms with Gasteiger partial charge in [0.05, 0.1) is 0 Å². The molecule has 4 nitrogen and oxygen atoms in total. The molecule has 0 aliphatic carbocycles. The van der Waals surface area contributed by atoms with E-state index in [1.54, 1.807) is 23.9 Å². The van der Waals surface area contributed by atoms with Crippen LogP contribution in [0.4, 0.5) is 4.39 Å². The van der Waals surface area contributed by atoms with Crippen molar-refractivity contribution in [3.63, 3.8) is 0 Å². The summed E-state index contributed by atoms with van der Waals surface area (Å²) in [6.07, 6.45) is 1.49. The molecular formula is C16H14FN3OS. The lowest BCUT2D eigenvalue weighted by Gasteiger charge is -2.07. The lowest BCUT2D eigenvalue weighted by Crippen LogP contribution is -1.95. The van der Waals surface area contributed by atoms with E-state index in [1.807, 2.05) is 24.3 Å². The Morgan fingerprint density at radius 1 is 1.00 bits per heavy atom. The molecule has 0 aliphatic rings. The molecule has 22 heavy (non-hydrogen) atoms. The van der Waals surface area contributed by atoms with Gasteiger partial charge < -0.3 is 4.74 Å². The average molecular weight is 315 g/mol. The van der Waals surface area contributed by atoms with E-state index in [9.17, 15) is 4.39 Å². The highest BCUT2D eigenvalue weighted by molar-refractivity contribution is 7.98. The zero-order valence-corrected chi connectivity index (χ0v) is 12.5. The van der Waals surface area contributed by atoms with Crippen LogP contribution in [0.5, 0.6) is 5.75 Å². The van der Waals surface area contributed by atoms with Crippen molar-refractivity contribution >= 4 is 11.8 Å². The Hall–Kier alpha value is -2.34. The predicted molar refractivity (Wildman–Crippen MR) is 83.1 cm³/mol. The number of aromatic amines is 1. The summed E-state index contributed by atoms with van der Waals surface area (Å²) in [5, 5.41) is 7.42. The summed E-state index contributed by atoms with van der Waals surface area (Å²) in [7, 11) is 0. The number of thioether (sulfide) groups is 1. The summed E-state index contributed by atoms with van der Waals surface area (Å²) in [6, 6.07) is 14.2. The van der Waals surface area contributed by atoms with Crippen molar-refractivity contribution in [2.45, 2.75) is 17.5 Å². The number of hydrogen-bond donors (Lipinski definition) is 1. The van der Waals surface area contributed by atoms with Gasteiger partial charge in [0, 0.05) is 5.75 Å². The van der Waals surface area contributed by atoms with Crippen molar-refractivity contribution in [1.82, 2.24) is 15.2 Å². The standard InChI is InChI=1S/C16H14FN3OS/c17-14-5-1-12(2-6-14)9-21-15-7-3-13(4-8-15)10-22-16-18-11-19-20-16/h1-8,11H,9-10H2,(H,18,19,20). The molecule has 2 aromatic carbocycles. The van der Waals surface area contributed by atoms with Gasteiger partial charge in [0.15, 0.2) is 5.16 Å². The van der Waals surface area contributed by atoms with Crippen LogP contribution in [-0.2, 0) is 12.4 Å². The zero-order valence-electron chi connectivity index (χ0n) is 11.7. The van der Waals surface area contributed by atoms with Crippen LogP contribution in [0.1, 0.15) is 11.1 Å². The fourth-order valence-corrected chi connectivity index (χ4v) is 2.58. The van der Waals surface area contributed by atoms with Crippen LogP contribution in [0.2, 0.25) is 0 Å². The fourth-order valence-electron chi connectivity index (χ4n) is 1.84. The number of rotatable bonds is 6.